The number of methoxy groups -OCH3 is 1. The highest BCUT2D eigenvalue weighted by molar-refractivity contribution is 5.96. The zero-order chi connectivity index (χ0) is 23.5. The van der Waals surface area contributed by atoms with Crippen LogP contribution < -0.4 is 9.64 Å². The Morgan fingerprint density at radius 2 is 1.85 bits per heavy atom. The second kappa shape index (κ2) is 9.40. The average molecular weight is 447 g/mol. The van der Waals surface area contributed by atoms with Crippen molar-refractivity contribution in [3.05, 3.63) is 77.4 Å². The number of hydrogen-bond acceptors (Lipinski definition) is 4. The normalized spacial score (nSPS) is 11.1. The SMILES string of the molecule is CCc1cc(CC)n2nc(-c3ccc(OC)c(F)c3)c(CC(=O)N(C)c3ccccc3)c2n1. The Morgan fingerprint density at radius 1 is 1.09 bits per heavy atom. The Morgan fingerprint density at radius 3 is 2.48 bits per heavy atom. The third-order valence-corrected chi connectivity index (χ3v) is 5.81. The number of halogens is 1. The van der Waals surface area contributed by atoms with Crippen LogP contribution in [0.15, 0.2) is 54.6 Å². The lowest BCUT2D eigenvalue weighted by Gasteiger charge is -2.17. The highest BCUT2D eigenvalue weighted by atomic mass is 19.1. The number of fused-ring (bicyclic) bond motifs is 1. The van der Waals surface area contributed by atoms with Crippen LogP contribution in [0.1, 0.15) is 30.8 Å². The van der Waals surface area contributed by atoms with Crippen LogP contribution in [-0.4, -0.2) is 34.7 Å². The van der Waals surface area contributed by atoms with Gasteiger partial charge in [0.2, 0.25) is 5.91 Å². The fourth-order valence-electron chi connectivity index (χ4n) is 3.89. The minimum atomic E-state index is -0.483. The Kier molecular flexibility index (Phi) is 6.40. The molecule has 0 radical (unpaired) electrons. The maximum atomic E-state index is 14.5. The number of likely N-dealkylation sites (N-methyl/N-ethyl adjacent to an activating group) is 1. The molecule has 6 nitrogen and oxygen atoms in total. The molecule has 0 aliphatic carbocycles. The fraction of sp³-hybridized carbons (Fsp3) is 0.269. The minimum Gasteiger partial charge on any atom is -0.494 e. The second-order valence-corrected chi connectivity index (χ2v) is 7.82. The molecule has 0 fully saturated rings. The van der Waals surface area contributed by atoms with Crippen LogP contribution in [0.4, 0.5) is 10.1 Å². The highest BCUT2D eigenvalue weighted by Crippen LogP contribution is 2.31. The van der Waals surface area contributed by atoms with Gasteiger partial charge in [0.1, 0.15) is 0 Å². The van der Waals surface area contributed by atoms with Crippen LogP contribution in [0.3, 0.4) is 0 Å². The van der Waals surface area contributed by atoms with Crippen molar-refractivity contribution in [1.82, 2.24) is 14.6 Å². The predicted octanol–water partition coefficient (Wildman–Crippen LogP) is 4.87. The maximum Gasteiger partial charge on any atom is 0.231 e. The van der Waals surface area contributed by atoms with Crippen molar-refractivity contribution in [2.75, 3.05) is 19.1 Å². The van der Waals surface area contributed by atoms with E-state index in [0.717, 1.165) is 29.9 Å². The molecule has 1 amide bonds. The van der Waals surface area contributed by atoms with Gasteiger partial charge in [-0.05, 0) is 49.2 Å². The number of aryl methyl sites for hydroxylation is 2. The molecule has 0 atom stereocenters. The lowest BCUT2D eigenvalue weighted by molar-refractivity contribution is -0.117. The first kappa shape index (κ1) is 22.5. The number of amides is 1. The van der Waals surface area contributed by atoms with Gasteiger partial charge in [-0.1, -0.05) is 32.0 Å². The molecule has 7 heteroatoms. The monoisotopic (exact) mass is 446 g/mol. The van der Waals surface area contributed by atoms with Crippen molar-refractivity contribution >= 4 is 17.2 Å². The molecule has 0 N–H and O–H groups in total. The van der Waals surface area contributed by atoms with Crippen LogP contribution in [-0.2, 0) is 24.1 Å². The number of carbonyl (C=O) groups excluding carboxylic acids is 1. The number of para-hydroxylation sites is 1. The molecular formula is C26H27FN4O2. The molecule has 0 spiro atoms. The van der Waals surface area contributed by atoms with Crippen molar-refractivity contribution in [3.63, 3.8) is 0 Å². The highest BCUT2D eigenvalue weighted by Gasteiger charge is 2.23. The zero-order valence-electron chi connectivity index (χ0n) is 19.3. The number of hydrogen-bond donors (Lipinski definition) is 0. The number of carbonyl (C=O) groups is 1. The first-order valence-electron chi connectivity index (χ1n) is 11.0. The van der Waals surface area contributed by atoms with Crippen molar-refractivity contribution in [2.24, 2.45) is 0 Å². The fourth-order valence-corrected chi connectivity index (χ4v) is 3.89. The number of ether oxygens (including phenoxy) is 1. The summed E-state index contributed by atoms with van der Waals surface area (Å²) in [6.07, 6.45) is 1.60. The summed E-state index contributed by atoms with van der Waals surface area (Å²) in [6.45, 7) is 4.10. The molecule has 4 rings (SSSR count). The first-order valence-corrected chi connectivity index (χ1v) is 11.0. The summed E-state index contributed by atoms with van der Waals surface area (Å²) in [7, 11) is 3.18. The van der Waals surface area contributed by atoms with Gasteiger partial charge >= 0.3 is 0 Å². The molecule has 2 aromatic carbocycles. The van der Waals surface area contributed by atoms with Crippen LogP contribution in [0.5, 0.6) is 5.75 Å². The lowest BCUT2D eigenvalue weighted by atomic mass is 10.0. The summed E-state index contributed by atoms with van der Waals surface area (Å²) in [5.41, 5.74) is 5.14. The molecule has 33 heavy (non-hydrogen) atoms. The predicted molar refractivity (Wildman–Crippen MR) is 127 cm³/mol. The number of rotatable bonds is 7. The van der Waals surface area contributed by atoms with Crippen LogP contribution in [0, 0.1) is 5.82 Å². The molecule has 0 aliphatic rings. The minimum absolute atomic E-state index is 0.0845. The first-order chi connectivity index (χ1) is 16.0. The Hall–Kier alpha value is -3.74. The van der Waals surface area contributed by atoms with E-state index in [1.807, 2.05) is 43.3 Å². The third kappa shape index (κ3) is 4.31. The van der Waals surface area contributed by atoms with E-state index in [1.165, 1.54) is 13.2 Å². The molecule has 0 unspecified atom stereocenters. The van der Waals surface area contributed by atoms with E-state index in [-0.39, 0.29) is 18.1 Å². The summed E-state index contributed by atoms with van der Waals surface area (Å²) in [5.74, 6) is -0.429. The largest absolute Gasteiger partial charge is 0.494 e. The summed E-state index contributed by atoms with van der Waals surface area (Å²) in [5, 5.41) is 4.79. The van der Waals surface area contributed by atoms with Gasteiger partial charge < -0.3 is 9.64 Å². The van der Waals surface area contributed by atoms with Gasteiger partial charge in [-0.3, -0.25) is 4.79 Å². The molecule has 0 saturated carbocycles. The standard InChI is InChI=1S/C26H27FN4O2/c1-5-18-15-19(6-2)31-26(28-18)21(16-24(32)30(3)20-10-8-7-9-11-20)25(29-31)17-12-13-23(33-4)22(27)14-17/h7-15H,5-6,16H2,1-4H3. The number of benzene rings is 2. The average Bonchev–Trinajstić information content (AvgIpc) is 3.21. The molecule has 0 aliphatic heterocycles. The third-order valence-electron chi connectivity index (χ3n) is 5.81. The van der Waals surface area contributed by atoms with E-state index >= 15 is 0 Å². The van der Waals surface area contributed by atoms with Crippen LogP contribution in [0.25, 0.3) is 16.9 Å². The van der Waals surface area contributed by atoms with Crippen LogP contribution in [0.2, 0.25) is 0 Å². The van der Waals surface area contributed by atoms with Gasteiger partial charge in [-0.15, -0.1) is 0 Å². The van der Waals surface area contributed by atoms with E-state index in [2.05, 4.69) is 6.92 Å². The van der Waals surface area contributed by atoms with E-state index in [4.69, 9.17) is 14.8 Å². The van der Waals surface area contributed by atoms with E-state index < -0.39 is 5.82 Å². The number of aromatic nitrogens is 3. The Labute approximate surface area is 192 Å². The number of nitrogens with zero attached hydrogens (tertiary/aromatic N) is 4. The van der Waals surface area contributed by atoms with Crippen molar-refractivity contribution < 1.29 is 13.9 Å². The lowest BCUT2D eigenvalue weighted by Crippen LogP contribution is -2.28. The molecule has 0 saturated heterocycles. The topological polar surface area (TPSA) is 59.7 Å². The van der Waals surface area contributed by atoms with Gasteiger partial charge in [0.25, 0.3) is 0 Å². The summed E-state index contributed by atoms with van der Waals surface area (Å²) >= 11 is 0. The van der Waals surface area contributed by atoms with Crippen molar-refractivity contribution in [1.29, 1.82) is 0 Å². The van der Waals surface area contributed by atoms with Gasteiger partial charge in [0.05, 0.1) is 19.2 Å². The Balaban J connectivity index is 1.87. The molecule has 4 aromatic rings. The zero-order valence-corrected chi connectivity index (χ0v) is 19.3. The molecule has 2 aromatic heterocycles. The van der Waals surface area contributed by atoms with Crippen LogP contribution >= 0.6 is 0 Å². The number of anilines is 1. The maximum absolute atomic E-state index is 14.5. The quantitative estimate of drug-likeness (QED) is 0.406. The van der Waals surface area contributed by atoms with Gasteiger partial charge in [0, 0.05) is 35.2 Å². The molecule has 170 valence electrons. The van der Waals surface area contributed by atoms with Crippen molar-refractivity contribution in [2.45, 2.75) is 33.1 Å². The van der Waals surface area contributed by atoms with Gasteiger partial charge in [0.15, 0.2) is 17.2 Å². The summed E-state index contributed by atoms with van der Waals surface area (Å²) < 4.78 is 21.4. The second-order valence-electron chi connectivity index (χ2n) is 7.82. The molecule has 0 bridgehead atoms. The van der Waals surface area contributed by atoms with Gasteiger partial charge in [-0.2, -0.15) is 5.10 Å². The molecular weight excluding hydrogens is 419 g/mol. The van der Waals surface area contributed by atoms with E-state index in [1.54, 1.807) is 28.6 Å². The Bertz CT molecular complexity index is 1300. The van der Waals surface area contributed by atoms with Gasteiger partial charge in [-0.25, -0.2) is 13.9 Å². The van der Waals surface area contributed by atoms with E-state index in [0.29, 0.717) is 22.5 Å². The smallest absolute Gasteiger partial charge is 0.231 e. The van der Waals surface area contributed by atoms with Crippen molar-refractivity contribution in [3.8, 4) is 17.0 Å². The summed E-state index contributed by atoms with van der Waals surface area (Å²) in [4.78, 5) is 19.7. The van der Waals surface area contributed by atoms with E-state index in [9.17, 15) is 9.18 Å². The summed E-state index contributed by atoms with van der Waals surface area (Å²) in [6, 6.07) is 16.2. The molecule has 2 heterocycles.